The quantitative estimate of drug-likeness (QED) is 0.600. The number of aryl methyl sites for hydroxylation is 1. The Morgan fingerprint density at radius 1 is 0.958 bits per heavy atom. The molecule has 4 aromatic rings. The van der Waals surface area contributed by atoms with Crippen molar-refractivity contribution in [3.8, 4) is 28.1 Å². The Hall–Kier alpha value is -3.14. The maximum Gasteiger partial charge on any atom is 0.118 e. The van der Waals surface area contributed by atoms with Gasteiger partial charge in [0.05, 0.1) is 24.5 Å². The summed E-state index contributed by atoms with van der Waals surface area (Å²) in [6.07, 6.45) is 1.86. The second-order valence-corrected chi connectivity index (χ2v) is 5.72. The summed E-state index contributed by atoms with van der Waals surface area (Å²) < 4.78 is 5.24. The molecule has 0 unspecified atom stereocenters. The van der Waals surface area contributed by atoms with Gasteiger partial charge in [0.2, 0.25) is 0 Å². The molecule has 4 nitrogen and oxygen atoms in total. The Morgan fingerprint density at radius 2 is 1.75 bits per heavy atom. The molecule has 0 atom stereocenters. The molecule has 1 N–H and O–H groups in total. The summed E-state index contributed by atoms with van der Waals surface area (Å²) >= 11 is 0. The average Bonchev–Trinajstić information content (AvgIpc) is 3.10. The number of hydrogen-bond donors (Lipinski definition) is 1. The maximum absolute atomic E-state index is 5.24. The first-order valence-corrected chi connectivity index (χ1v) is 7.81. The third kappa shape index (κ3) is 2.42. The van der Waals surface area contributed by atoms with Crippen LogP contribution in [0.2, 0.25) is 0 Å². The SMILES string of the molecule is COc1ccc(-c2cn[nH]c2-c2cc(C)nc3ccccc23)cc1. The number of pyridine rings is 1. The van der Waals surface area contributed by atoms with E-state index >= 15 is 0 Å². The number of H-pyrrole nitrogens is 1. The first-order chi connectivity index (χ1) is 11.8. The van der Waals surface area contributed by atoms with Crippen molar-refractivity contribution >= 4 is 10.9 Å². The van der Waals surface area contributed by atoms with Gasteiger partial charge in [-0.1, -0.05) is 30.3 Å². The molecule has 0 radical (unpaired) electrons. The van der Waals surface area contributed by atoms with E-state index < -0.39 is 0 Å². The second kappa shape index (κ2) is 5.81. The summed E-state index contributed by atoms with van der Waals surface area (Å²) in [5.74, 6) is 0.842. The zero-order chi connectivity index (χ0) is 16.5. The molecule has 0 saturated heterocycles. The van der Waals surface area contributed by atoms with Gasteiger partial charge in [-0.15, -0.1) is 0 Å². The van der Waals surface area contributed by atoms with Crippen LogP contribution in [0.4, 0.5) is 0 Å². The van der Waals surface area contributed by atoms with Crippen LogP contribution in [0, 0.1) is 6.92 Å². The largest absolute Gasteiger partial charge is 0.497 e. The van der Waals surface area contributed by atoms with E-state index in [1.807, 2.05) is 55.6 Å². The zero-order valence-corrected chi connectivity index (χ0v) is 13.6. The van der Waals surface area contributed by atoms with Crippen molar-refractivity contribution in [2.75, 3.05) is 7.11 Å². The maximum atomic E-state index is 5.24. The number of methoxy groups -OCH3 is 1. The first-order valence-electron chi connectivity index (χ1n) is 7.81. The van der Waals surface area contributed by atoms with Gasteiger partial charge in [-0.3, -0.25) is 10.1 Å². The summed E-state index contributed by atoms with van der Waals surface area (Å²) in [7, 11) is 1.67. The van der Waals surface area contributed by atoms with Crippen LogP contribution >= 0.6 is 0 Å². The lowest BCUT2D eigenvalue weighted by atomic mass is 9.98. The van der Waals surface area contributed by atoms with Gasteiger partial charge in [-0.2, -0.15) is 5.10 Å². The van der Waals surface area contributed by atoms with Gasteiger partial charge in [-0.25, -0.2) is 0 Å². The van der Waals surface area contributed by atoms with Crippen molar-refractivity contribution in [1.29, 1.82) is 0 Å². The van der Waals surface area contributed by atoms with Crippen molar-refractivity contribution in [3.05, 3.63) is 66.5 Å². The van der Waals surface area contributed by atoms with Gasteiger partial charge in [0, 0.05) is 22.2 Å². The van der Waals surface area contributed by atoms with E-state index in [9.17, 15) is 0 Å². The standard InChI is InChI=1S/C20H17N3O/c1-13-11-17(16-5-3-4-6-19(16)22-13)20-18(12-21-23-20)14-7-9-15(24-2)10-8-14/h3-12H,1-2H3,(H,21,23). The normalized spacial score (nSPS) is 10.9. The number of aromatic amines is 1. The molecule has 0 aliphatic heterocycles. The van der Waals surface area contributed by atoms with Gasteiger partial charge in [-0.05, 0) is 36.8 Å². The lowest BCUT2D eigenvalue weighted by Crippen LogP contribution is -1.90. The van der Waals surface area contributed by atoms with Crippen molar-refractivity contribution < 1.29 is 4.74 Å². The number of ether oxygens (including phenoxy) is 1. The molecule has 0 aliphatic rings. The second-order valence-electron chi connectivity index (χ2n) is 5.72. The van der Waals surface area contributed by atoms with Crippen LogP contribution in [0.25, 0.3) is 33.3 Å². The van der Waals surface area contributed by atoms with Gasteiger partial charge in [0.15, 0.2) is 0 Å². The lowest BCUT2D eigenvalue weighted by molar-refractivity contribution is 0.415. The molecule has 4 heteroatoms. The molecule has 0 fully saturated rings. The van der Waals surface area contributed by atoms with Crippen LogP contribution in [-0.2, 0) is 0 Å². The highest BCUT2D eigenvalue weighted by atomic mass is 16.5. The van der Waals surface area contributed by atoms with E-state index in [2.05, 4.69) is 27.3 Å². The van der Waals surface area contributed by atoms with Crippen LogP contribution < -0.4 is 4.74 Å². The predicted octanol–water partition coefficient (Wildman–Crippen LogP) is 4.61. The number of aromatic nitrogens is 3. The minimum absolute atomic E-state index is 0.842. The number of fused-ring (bicyclic) bond motifs is 1. The van der Waals surface area contributed by atoms with Crippen molar-refractivity contribution in [3.63, 3.8) is 0 Å². The smallest absolute Gasteiger partial charge is 0.118 e. The highest BCUT2D eigenvalue weighted by Gasteiger charge is 2.14. The average molecular weight is 315 g/mol. The fourth-order valence-electron chi connectivity index (χ4n) is 3.00. The van der Waals surface area contributed by atoms with E-state index in [4.69, 9.17) is 4.74 Å². The topological polar surface area (TPSA) is 50.8 Å². The van der Waals surface area contributed by atoms with Crippen LogP contribution in [0.5, 0.6) is 5.75 Å². The molecule has 0 spiro atoms. The Morgan fingerprint density at radius 3 is 2.54 bits per heavy atom. The Balaban J connectivity index is 1.91. The van der Waals surface area contributed by atoms with Crippen molar-refractivity contribution in [2.24, 2.45) is 0 Å². The Labute approximate surface area is 140 Å². The highest BCUT2D eigenvalue weighted by molar-refractivity contribution is 5.97. The number of para-hydroxylation sites is 1. The van der Waals surface area contributed by atoms with Crippen molar-refractivity contribution in [2.45, 2.75) is 6.92 Å². The molecular weight excluding hydrogens is 298 g/mol. The summed E-state index contributed by atoms with van der Waals surface area (Å²) in [6, 6.07) is 18.3. The fraction of sp³-hybridized carbons (Fsp3) is 0.100. The predicted molar refractivity (Wildman–Crippen MR) is 96.0 cm³/mol. The molecule has 2 aromatic heterocycles. The van der Waals surface area contributed by atoms with E-state index in [-0.39, 0.29) is 0 Å². The van der Waals surface area contributed by atoms with E-state index in [1.54, 1.807) is 7.11 Å². The highest BCUT2D eigenvalue weighted by Crippen LogP contribution is 2.35. The molecule has 118 valence electrons. The van der Waals surface area contributed by atoms with Gasteiger partial charge >= 0.3 is 0 Å². The summed E-state index contributed by atoms with van der Waals surface area (Å²) in [5, 5.41) is 8.55. The molecule has 4 rings (SSSR count). The Bertz CT molecular complexity index is 1000. The van der Waals surface area contributed by atoms with Crippen LogP contribution in [0.1, 0.15) is 5.69 Å². The molecule has 24 heavy (non-hydrogen) atoms. The van der Waals surface area contributed by atoms with Crippen LogP contribution in [0.3, 0.4) is 0 Å². The summed E-state index contributed by atoms with van der Waals surface area (Å²) in [6.45, 7) is 2.01. The lowest BCUT2D eigenvalue weighted by Gasteiger charge is -2.09. The number of benzene rings is 2. The monoisotopic (exact) mass is 315 g/mol. The minimum atomic E-state index is 0.842. The summed E-state index contributed by atoms with van der Waals surface area (Å²) in [5.41, 5.74) is 6.25. The van der Waals surface area contributed by atoms with Gasteiger partial charge < -0.3 is 4.74 Å². The third-order valence-electron chi connectivity index (χ3n) is 4.15. The van der Waals surface area contributed by atoms with E-state index in [0.29, 0.717) is 0 Å². The van der Waals surface area contributed by atoms with Gasteiger partial charge in [0.1, 0.15) is 5.75 Å². The molecular formula is C20H17N3O. The Kier molecular flexibility index (Phi) is 3.50. The molecule has 0 amide bonds. The van der Waals surface area contributed by atoms with Crippen LogP contribution in [-0.4, -0.2) is 22.3 Å². The minimum Gasteiger partial charge on any atom is -0.497 e. The fourth-order valence-corrected chi connectivity index (χ4v) is 3.00. The van der Waals surface area contributed by atoms with Crippen LogP contribution in [0.15, 0.2) is 60.8 Å². The van der Waals surface area contributed by atoms with Crippen molar-refractivity contribution in [1.82, 2.24) is 15.2 Å². The first kappa shape index (κ1) is 14.5. The molecule has 2 aromatic carbocycles. The number of nitrogens with zero attached hydrogens (tertiary/aromatic N) is 2. The van der Waals surface area contributed by atoms with Gasteiger partial charge in [0.25, 0.3) is 0 Å². The third-order valence-corrected chi connectivity index (χ3v) is 4.15. The zero-order valence-electron chi connectivity index (χ0n) is 13.6. The molecule has 0 aliphatic carbocycles. The number of hydrogen-bond acceptors (Lipinski definition) is 3. The number of nitrogens with one attached hydrogen (secondary N) is 1. The van der Waals surface area contributed by atoms with E-state index in [1.165, 1.54) is 0 Å². The molecule has 0 bridgehead atoms. The number of rotatable bonds is 3. The van der Waals surface area contributed by atoms with E-state index in [0.717, 1.165) is 44.7 Å². The molecule has 0 saturated carbocycles. The summed E-state index contributed by atoms with van der Waals surface area (Å²) in [4.78, 5) is 4.62. The molecule has 2 heterocycles.